The Bertz CT molecular complexity index is 1140. The van der Waals surface area contributed by atoms with Gasteiger partial charge in [-0.05, 0) is 50.1 Å². The summed E-state index contributed by atoms with van der Waals surface area (Å²) >= 11 is 0. The summed E-state index contributed by atoms with van der Waals surface area (Å²) in [7, 11) is 0. The summed E-state index contributed by atoms with van der Waals surface area (Å²) in [4.78, 5) is 11.6. The molecule has 1 aliphatic heterocycles. The van der Waals surface area contributed by atoms with Crippen molar-refractivity contribution in [1.82, 2.24) is 15.2 Å². The van der Waals surface area contributed by atoms with Gasteiger partial charge in [0.1, 0.15) is 5.82 Å². The van der Waals surface area contributed by atoms with Crippen LogP contribution in [-0.2, 0) is 4.74 Å². The second-order valence-electron chi connectivity index (χ2n) is 7.19. The van der Waals surface area contributed by atoms with Gasteiger partial charge in [0.2, 0.25) is 0 Å². The van der Waals surface area contributed by atoms with Crippen LogP contribution in [0.15, 0.2) is 35.5 Å². The number of hydrogen-bond acceptors (Lipinski definition) is 7. The summed E-state index contributed by atoms with van der Waals surface area (Å²) in [5, 5.41) is 19.7. The first kappa shape index (κ1) is 19.0. The molecule has 3 aromatic rings. The lowest BCUT2D eigenvalue weighted by molar-refractivity contribution is 0.122. The Hall–Kier alpha value is -3.37. The zero-order valence-electron chi connectivity index (χ0n) is 16.8. The third-order valence-electron chi connectivity index (χ3n) is 5.05. The number of pyridine rings is 1. The molecule has 0 radical (unpaired) electrons. The third-order valence-corrected chi connectivity index (χ3v) is 5.05. The van der Waals surface area contributed by atoms with Crippen molar-refractivity contribution in [3.05, 3.63) is 52.8 Å². The van der Waals surface area contributed by atoms with Crippen molar-refractivity contribution in [2.45, 2.75) is 20.8 Å². The quantitative estimate of drug-likeness (QED) is 0.641. The summed E-state index contributed by atoms with van der Waals surface area (Å²) in [6.45, 7) is 8.84. The zero-order valence-corrected chi connectivity index (χ0v) is 16.8. The Morgan fingerprint density at radius 2 is 1.90 bits per heavy atom. The first-order valence-corrected chi connectivity index (χ1v) is 9.58. The highest BCUT2D eigenvalue weighted by molar-refractivity contribution is 6.03. The standard InChI is InChI=1S/C22H22N6O/c1-14-8-17(12-23)10-18(9-14)15(2)25-22-19-11-21(28-4-6-29-7-5-28)24-13-20(19)16(3)26-27-22/h8-11,13H,4-7H2,1-3H3. The third kappa shape index (κ3) is 3.93. The fourth-order valence-corrected chi connectivity index (χ4v) is 3.48. The van der Waals surface area contributed by atoms with Crippen LogP contribution in [0.4, 0.5) is 11.6 Å². The highest BCUT2D eigenvalue weighted by Gasteiger charge is 2.15. The Kier molecular flexibility index (Phi) is 5.19. The molecular weight excluding hydrogens is 364 g/mol. The van der Waals surface area contributed by atoms with Crippen LogP contribution in [0.25, 0.3) is 10.8 Å². The second-order valence-corrected chi connectivity index (χ2v) is 7.19. The average molecular weight is 386 g/mol. The molecule has 29 heavy (non-hydrogen) atoms. The van der Waals surface area contributed by atoms with Gasteiger partial charge in [0.05, 0.1) is 30.5 Å². The van der Waals surface area contributed by atoms with E-state index in [-0.39, 0.29) is 0 Å². The molecule has 1 fully saturated rings. The lowest BCUT2D eigenvalue weighted by Gasteiger charge is -2.28. The maximum atomic E-state index is 9.25. The number of fused-ring (bicyclic) bond motifs is 1. The predicted octanol–water partition coefficient (Wildman–Crippen LogP) is 3.49. The molecule has 7 heteroatoms. The van der Waals surface area contributed by atoms with E-state index < -0.39 is 0 Å². The number of anilines is 1. The largest absolute Gasteiger partial charge is 0.378 e. The summed E-state index contributed by atoms with van der Waals surface area (Å²) in [5.41, 5.74) is 4.15. The van der Waals surface area contributed by atoms with E-state index in [0.717, 1.165) is 52.2 Å². The lowest BCUT2D eigenvalue weighted by atomic mass is 10.0. The van der Waals surface area contributed by atoms with E-state index in [1.54, 1.807) is 0 Å². The number of benzene rings is 1. The van der Waals surface area contributed by atoms with Crippen molar-refractivity contribution in [3.8, 4) is 6.07 Å². The van der Waals surface area contributed by atoms with Crippen LogP contribution >= 0.6 is 0 Å². The van der Waals surface area contributed by atoms with E-state index in [4.69, 9.17) is 9.73 Å². The summed E-state index contributed by atoms with van der Waals surface area (Å²) < 4.78 is 5.45. The summed E-state index contributed by atoms with van der Waals surface area (Å²) in [6, 6.07) is 9.95. The number of hydrogen-bond donors (Lipinski definition) is 0. The molecule has 3 heterocycles. The average Bonchev–Trinajstić information content (AvgIpc) is 2.75. The van der Waals surface area contributed by atoms with Crippen molar-refractivity contribution >= 4 is 28.1 Å². The SMILES string of the molecule is CC(=Nc1nnc(C)c2cnc(N3CCOCC3)cc12)c1cc(C)cc(C#N)c1. The fourth-order valence-electron chi connectivity index (χ4n) is 3.48. The number of aliphatic imine (C=N–C) groups is 1. The molecule has 0 amide bonds. The second kappa shape index (κ2) is 7.94. The van der Waals surface area contributed by atoms with Crippen LogP contribution in [0.1, 0.15) is 29.3 Å². The van der Waals surface area contributed by atoms with Crippen LogP contribution in [0.2, 0.25) is 0 Å². The number of nitriles is 1. The van der Waals surface area contributed by atoms with Crippen molar-refractivity contribution in [3.63, 3.8) is 0 Å². The highest BCUT2D eigenvalue weighted by Crippen LogP contribution is 2.28. The van der Waals surface area contributed by atoms with Crippen LogP contribution < -0.4 is 4.90 Å². The number of ether oxygens (including phenoxy) is 1. The van der Waals surface area contributed by atoms with Gasteiger partial charge >= 0.3 is 0 Å². The smallest absolute Gasteiger partial charge is 0.182 e. The molecule has 0 atom stereocenters. The zero-order chi connectivity index (χ0) is 20.4. The number of morpholine rings is 1. The minimum absolute atomic E-state index is 0.556. The van der Waals surface area contributed by atoms with Gasteiger partial charge in [-0.15, -0.1) is 5.10 Å². The first-order valence-electron chi connectivity index (χ1n) is 9.58. The van der Waals surface area contributed by atoms with Crippen molar-refractivity contribution in [2.24, 2.45) is 4.99 Å². The molecule has 146 valence electrons. The summed E-state index contributed by atoms with van der Waals surface area (Å²) in [5.74, 6) is 1.45. The van der Waals surface area contributed by atoms with Gasteiger partial charge in [0.15, 0.2) is 5.82 Å². The van der Waals surface area contributed by atoms with Crippen molar-refractivity contribution < 1.29 is 4.74 Å². The first-order chi connectivity index (χ1) is 14.0. The molecule has 1 aromatic carbocycles. The Balaban J connectivity index is 1.80. The normalized spacial score (nSPS) is 14.8. The van der Waals surface area contributed by atoms with Gasteiger partial charge in [-0.3, -0.25) is 0 Å². The van der Waals surface area contributed by atoms with Gasteiger partial charge in [0, 0.05) is 35.8 Å². The highest BCUT2D eigenvalue weighted by atomic mass is 16.5. The van der Waals surface area contributed by atoms with Gasteiger partial charge in [-0.1, -0.05) is 6.07 Å². The maximum Gasteiger partial charge on any atom is 0.182 e. The molecule has 0 bridgehead atoms. The fraction of sp³-hybridized carbons (Fsp3) is 0.318. The Morgan fingerprint density at radius 3 is 2.66 bits per heavy atom. The summed E-state index contributed by atoms with van der Waals surface area (Å²) in [6.07, 6.45) is 1.85. The van der Waals surface area contributed by atoms with E-state index in [0.29, 0.717) is 24.6 Å². The number of rotatable bonds is 3. The molecule has 0 unspecified atom stereocenters. The maximum absolute atomic E-state index is 9.25. The van der Waals surface area contributed by atoms with Gasteiger partial charge in [-0.25, -0.2) is 9.98 Å². The molecular formula is C22H22N6O. The van der Waals surface area contributed by atoms with Crippen LogP contribution in [0, 0.1) is 25.2 Å². The molecule has 2 aromatic heterocycles. The van der Waals surface area contributed by atoms with Crippen molar-refractivity contribution in [1.29, 1.82) is 5.26 Å². The lowest BCUT2D eigenvalue weighted by Crippen LogP contribution is -2.36. The van der Waals surface area contributed by atoms with Crippen LogP contribution in [0.3, 0.4) is 0 Å². The van der Waals surface area contributed by atoms with E-state index >= 15 is 0 Å². The molecule has 1 aliphatic rings. The van der Waals surface area contributed by atoms with E-state index in [9.17, 15) is 5.26 Å². The topological polar surface area (TPSA) is 87.3 Å². The van der Waals surface area contributed by atoms with Crippen molar-refractivity contribution in [2.75, 3.05) is 31.2 Å². The Morgan fingerprint density at radius 1 is 1.10 bits per heavy atom. The molecule has 7 nitrogen and oxygen atoms in total. The van der Waals surface area contributed by atoms with E-state index in [1.165, 1.54) is 0 Å². The molecule has 4 rings (SSSR count). The minimum Gasteiger partial charge on any atom is -0.378 e. The number of nitrogens with zero attached hydrogens (tertiary/aromatic N) is 6. The number of aryl methyl sites for hydroxylation is 2. The van der Waals surface area contributed by atoms with Gasteiger partial charge in [-0.2, -0.15) is 10.4 Å². The minimum atomic E-state index is 0.556. The molecule has 0 saturated carbocycles. The van der Waals surface area contributed by atoms with E-state index in [1.807, 2.05) is 51.2 Å². The molecule has 1 saturated heterocycles. The molecule has 0 aliphatic carbocycles. The molecule has 0 N–H and O–H groups in total. The molecule has 0 spiro atoms. The monoisotopic (exact) mass is 386 g/mol. The van der Waals surface area contributed by atoms with Gasteiger partial charge in [0.25, 0.3) is 0 Å². The Labute approximate surface area is 169 Å². The van der Waals surface area contributed by atoms with Crippen LogP contribution in [-0.4, -0.2) is 47.2 Å². The number of aromatic nitrogens is 3. The predicted molar refractivity (Wildman–Crippen MR) is 113 cm³/mol. The van der Waals surface area contributed by atoms with E-state index in [2.05, 4.69) is 26.2 Å². The van der Waals surface area contributed by atoms with Crippen LogP contribution in [0.5, 0.6) is 0 Å². The van der Waals surface area contributed by atoms with Gasteiger partial charge < -0.3 is 9.64 Å².